The molecule has 0 fully saturated rings. The minimum atomic E-state index is -3.00. The van der Waals surface area contributed by atoms with E-state index in [9.17, 15) is 18.4 Å². The standard InChI is InChI=1S/C17H15F2NO5/c1-23-16(22)11-5-4-6-12(9-11)24-10-15(21)20-13-7-2-3-8-14(13)25-17(18)19/h2-9,17H,10H2,1H3,(H,20,21). The van der Waals surface area contributed by atoms with Gasteiger partial charge in [0, 0.05) is 0 Å². The van der Waals surface area contributed by atoms with Crippen molar-refractivity contribution in [2.24, 2.45) is 0 Å². The van der Waals surface area contributed by atoms with Crippen LogP contribution in [0.1, 0.15) is 10.4 Å². The Kier molecular flexibility index (Phi) is 6.27. The lowest BCUT2D eigenvalue weighted by molar-refractivity contribution is -0.118. The molecule has 25 heavy (non-hydrogen) atoms. The van der Waals surface area contributed by atoms with Crippen molar-refractivity contribution in [2.45, 2.75) is 6.61 Å². The second kappa shape index (κ2) is 8.62. The summed E-state index contributed by atoms with van der Waals surface area (Å²) in [6.07, 6.45) is 0. The molecule has 0 spiro atoms. The maximum atomic E-state index is 12.3. The zero-order valence-electron chi connectivity index (χ0n) is 13.2. The van der Waals surface area contributed by atoms with Crippen LogP contribution in [0.4, 0.5) is 14.5 Å². The fraction of sp³-hybridized carbons (Fsp3) is 0.176. The van der Waals surface area contributed by atoms with Gasteiger partial charge in [0.25, 0.3) is 5.91 Å². The van der Waals surface area contributed by atoms with Gasteiger partial charge in [-0.05, 0) is 30.3 Å². The van der Waals surface area contributed by atoms with E-state index in [0.29, 0.717) is 0 Å². The first-order valence-corrected chi connectivity index (χ1v) is 7.14. The Morgan fingerprint density at radius 2 is 1.88 bits per heavy atom. The number of halogens is 2. The topological polar surface area (TPSA) is 73.9 Å². The van der Waals surface area contributed by atoms with Crippen LogP contribution in [0.5, 0.6) is 11.5 Å². The number of ether oxygens (including phenoxy) is 3. The number of esters is 1. The van der Waals surface area contributed by atoms with E-state index in [-0.39, 0.29) is 29.4 Å². The summed E-state index contributed by atoms with van der Waals surface area (Å²) < 4.78 is 38.9. The highest BCUT2D eigenvalue weighted by molar-refractivity contribution is 5.93. The average molecular weight is 351 g/mol. The molecule has 0 bridgehead atoms. The van der Waals surface area contributed by atoms with E-state index in [1.54, 1.807) is 18.2 Å². The molecule has 8 heteroatoms. The monoisotopic (exact) mass is 351 g/mol. The van der Waals surface area contributed by atoms with E-state index < -0.39 is 18.5 Å². The van der Waals surface area contributed by atoms with E-state index in [0.717, 1.165) is 0 Å². The number of para-hydroxylation sites is 2. The molecule has 0 aliphatic rings. The fourth-order valence-corrected chi connectivity index (χ4v) is 1.93. The molecule has 132 valence electrons. The van der Waals surface area contributed by atoms with Crippen LogP contribution in [-0.4, -0.2) is 32.2 Å². The predicted molar refractivity (Wildman–Crippen MR) is 85.0 cm³/mol. The number of methoxy groups -OCH3 is 1. The number of amides is 1. The van der Waals surface area contributed by atoms with Crippen LogP contribution in [0.25, 0.3) is 0 Å². The van der Waals surface area contributed by atoms with Crippen LogP contribution in [-0.2, 0) is 9.53 Å². The second-order valence-corrected chi connectivity index (χ2v) is 4.73. The van der Waals surface area contributed by atoms with Gasteiger partial charge in [0.15, 0.2) is 6.61 Å². The zero-order chi connectivity index (χ0) is 18.2. The number of carbonyl (C=O) groups is 2. The highest BCUT2D eigenvalue weighted by atomic mass is 19.3. The maximum Gasteiger partial charge on any atom is 0.387 e. The highest BCUT2D eigenvalue weighted by Crippen LogP contribution is 2.25. The van der Waals surface area contributed by atoms with Crippen molar-refractivity contribution < 1.29 is 32.6 Å². The van der Waals surface area contributed by atoms with Gasteiger partial charge >= 0.3 is 12.6 Å². The SMILES string of the molecule is COC(=O)c1cccc(OCC(=O)Nc2ccccc2OC(F)F)c1. The van der Waals surface area contributed by atoms with Gasteiger partial charge in [-0.1, -0.05) is 18.2 Å². The molecule has 1 N–H and O–H groups in total. The summed E-state index contributed by atoms with van der Waals surface area (Å²) in [7, 11) is 1.25. The van der Waals surface area contributed by atoms with Crippen LogP contribution in [0.2, 0.25) is 0 Å². The molecule has 0 saturated carbocycles. The summed E-state index contributed by atoms with van der Waals surface area (Å²) in [6.45, 7) is -3.39. The van der Waals surface area contributed by atoms with Crippen molar-refractivity contribution in [1.29, 1.82) is 0 Å². The van der Waals surface area contributed by atoms with Gasteiger partial charge in [-0.15, -0.1) is 0 Å². The number of benzene rings is 2. The normalized spacial score (nSPS) is 10.2. The van der Waals surface area contributed by atoms with Gasteiger partial charge in [-0.25, -0.2) is 4.79 Å². The van der Waals surface area contributed by atoms with Gasteiger partial charge < -0.3 is 19.5 Å². The van der Waals surface area contributed by atoms with Crippen molar-refractivity contribution in [2.75, 3.05) is 19.0 Å². The Morgan fingerprint density at radius 1 is 1.12 bits per heavy atom. The zero-order valence-corrected chi connectivity index (χ0v) is 13.2. The lowest BCUT2D eigenvalue weighted by atomic mass is 10.2. The van der Waals surface area contributed by atoms with Gasteiger partial charge in [0.1, 0.15) is 11.5 Å². The molecule has 2 aromatic carbocycles. The Bertz CT molecular complexity index is 751. The van der Waals surface area contributed by atoms with E-state index >= 15 is 0 Å². The molecule has 0 atom stereocenters. The molecule has 1 amide bonds. The molecule has 0 radical (unpaired) electrons. The van der Waals surface area contributed by atoms with Crippen LogP contribution < -0.4 is 14.8 Å². The number of carbonyl (C=O) groups excluding carboxylic acids is 2. The summed E-state index contributed by atoms with van der Waals surface area (Å²) in [4.78, 5) is 23.4. The summed E-state index contributed by atoms with van der Waals surface area (Å²) >= 11 is 0. The van der Waals surface area contributed by atoms with Crippen molar-refractivity contribution in [3.05, 3.63) is 54.1 Å². The third kappa shape index (κ3) is 5.45. The van der Waals surface area contributed by atoms with E-state index in [1.807, 2.05) is 0 Å². The highest BCUT2D eigenvalue weighted by Gasteiger charge is 2.12. The molecule has 0 aliphatic carbocycles. The van der Waals surface area contributed by atoms with Crippen LogP contribution >= 0.6 is 0 Å². The number of alkyl halides is 2. The van der Waals surface area contributed by atoms with Gasteiger partial charge in [-0.3, -0.25) is 4.79 Å². The lowest BCUT2D eigenvalue weighted by Crippen LogP contribution is -2.21. The van der Waals surface area contributed by atoms with Crippen LogP contribution in [0, 0.1) is 0 Å². The molecule has 0 heterocycles. The molecule has 0 aromatic heterocycles. The third-order valence-electron chi connectivity index (χ3n) is 3.00. The Hall–Kier alpha value is -3.16. The van der Waals surface area contributed by atoms with Crippen LogP contribution in [0.15, 0.2) is 48.5 Å². The number of rotatable bonds is 7. The van der Waals surface area contributed by atoms with Crippen molar-refractivity contribution in [3.63, 3.8) is 0 Å². The summed E-state index contributed by atoms with van der Waals surface area (Å²) in [5.41, 5.74) is 0.371. The van der Waals surface area contributed by atoms with Crippen molar-refractivity contribution in [3.8, 4) is 11.5 Å². The Balaban J connectivity index is 1.97. The molecular weight excluding hydrogens is 336 g/mol. The first-order chi connectivity index (χ1) is 12.0. The fourth-order valence-electron chi connectivity index (χ4n) is 1.93. The first kappa shape index (κ1) is 18.2. The molecule has 0 unspecified atom stereocenters. The minimum absolute atomic E-state index is 0.0970. The number of hydrogen-bond acceptors (Lipinski definition) is 5. The minimum Gasteiger partial charge on any atom is -0.484 e. The molecular formula is C17H15F2NO5. The van der Waals surface area contributed by atoms with Gasteiger partial charge in [0.2, 0.25) is 0 Å². The van der Waals surface area contributed by atoms with E-state index in [4.69, 9.17) is 4.74 Å². The van der Waals surface area contributed by atoms with Gasteiger partial charge in [0.05, 0.1) is 18.4 Å². The van der Waals surface area contributed by atoms with E-state index in [2.05, 4.69) is 14.8 Å². The van der Waals surface area contributed by atoms with Crippen LogP contribution in [0.3, 0.4) is 0 Å². The van der Waals surface area contributed by atoms with E-state index in [1.165, 1.54) is 37.4 Å². The quantitative estimate of drug-likeness (QED) is 0.776. The van der Waals surface area contributed by atoms with Crippen molar-refractivity contribution in [1.82, 2.24) is 0 Å². The molecule has 0 saturated heterocycles. The molecule has 6 nitrogen and oxygen atoms in total. The molecule has 0 aliphatic heterocycles. The van der Waals surface area contributed by atoms with Gasteiger partial charge in [-0.2, -0.15) is 8.78 Å². The van der Waals surface area contributed by atoms with Crippen molar-refractivity contribution >= 4 is 17.6 Å². The first-order valence-electron chi connectivity index (χ1n) is 7.14. The Labute approximate surface area is 142 Å². The lowest BCUT2D eigenvalue weighted by Gasteiger charge is -2.12. The molecule has 2 aromatic rings. The summed E-state index contributed by atoms with van der Waals surface area (Å²) in [5.74, 6) is -0.976. The number of nitrogens with one attached hydrogen (secondary N) is 1. The summed E-state index contributed by atoms with van der Waals surface area (Å²) in [5, 5.41) is 2.42. The largest absolute Gasteiger partial charge is 0.484 e. The predicted octanol–water partition coefficient (Wildman–Crippen LogP) is 3.09. The average Bonchev–Trinajstić information content (AvgIpc) is 2.61. The smallest absolute Gasteiger partial charge is 0.387 e. The number of hydrogen-bond donors (Lipinski definition) is 1. The second-order valence-electron chi connectivity index (χ2n) is 4.73. The summed E-state index contributed by atoms with van der Waals surface area (Å²) in [6, 6.07) is 11.9. The third-order valence-corrected chi connectivity index (χ3v) is 3.00. The maximum absolute atomic E-state index is 12.3. The molecule has 2 rings (SSSR count). The Morgan fingerprint density at radius 3 is 2.60 bits per heavy atom. The number of anilines is 1.